The summed E-state index contributed by atoms with van der Waals surface area (Å²) in [7, 11) is 0. The Morgan fingerprint density at radius 3 is 2.29 bits per heavy atom. The van der Waals surface area contributed by atoms with Crippen molar-refractivity contribution < 1.29 is 38.7 Å². The standard InChI is InChI=1S/C15H29NO8/c1-12(2)11-23-13(3)16-15(19)24-14(10-18)22-9-8-21-7-6-20-5-4-17/h13-14,17-18H,1,4-11H2,2-3H3,(H,16,19). The average Bonchev–Trinajstić information content (AvgIpc) is 2.54. The number of carbonyl (C=O) groups excluding carboxylic acids is 1. The minimum atomic E-state index is -1.09. The lowest BCUT2D eigenvalue weighted by Crippen LogP contribution is -2.39. The number of aliphatic hydroxyl groups excluding tert-OH is 2. The number of rotatable bonds is 15. The van der Waals surface area contributed by atoms with Gasteiger partial charge in [-0.25, -0.2) is 4.79 Å². The molecule has 0 fully saturated rings. The fourth-order valence-electron chi connectivity index (χ4n) is 1.38. The van der Waals surface area contributed by atoms with E-state index in [0.29, 0.717) is 19.8 Å². The van der Waals surface area contributed by atoms with E-state index in [0.717, 1.165) is 5.57 Å². The van der Waals surface area contributed by atoms with Crippen molar-refractivity contribution in [1.29, 1.82) is 0 Å². The minimum Gasteiger partial charge on any atom is -0.417 e. The molecule has 0 saturated heterocycles. The molecule has 0 aromatic heterocycles. The first-order valence-electron chi connectivity index (χ1n) is 7.71. The van der Waals surface area contributed by atoms with Crippen LogP contribution in [0.1, 0.15) is 13.8 Å². The predicted molar refractivity (Wildman–Crippen MR) is 85.4 cm³/mol. The third kappa shape index (κ3) is 14.4. The van der Waals surface area contributed by atoms with E-state index in [4.69, 9.17) is 33.9 Å². The molecule has 0 aliphatic rings. The summed E-state index contributed by atoms with van der Waals surface area (Å²) in [4.78, 5) is 11.6. The Morgan fingerprint density at radius 1 is 1.08 bits per heavy atom. The molecule has 24 heavy (non-hydrogen) atoms. The molecule has 0 aromatic rings. The minimum absolute atomic E-state index is 0.0302. The molecule has 0 rings (SSSR count). The summed E-state index contributed by atoms with van der Waals surface area (Å²) in [5, 5.41) is 20.1. The second-order valence-electron chi connectivity index (χ2n) is 4.89. The highest BCUT2D eigenvalue weighted by molar-refractivity contribution is 5.67. The Kier molecular flexibility index (Phi) is 14.5. The third-order valence-electron chi connectivity index (χ3n) is 2.43. The van der Waals surface area contributed by atoms with Crippen molar-refractivity contribution in [2.45, 2.75) is 26.4 Å². The van der Waals surface area contributed by atoms with Crippen LogP contribution < -0.4 is 5.32 Å². The SMILES string of the molecule is C=C(C)COC(C)NC(=O)OC(CO)OCCOCCOCCO. The fourth-order valence-corrected chi connectivity index (χ4v) is 1.38. The Balaban J connectivity index is 3.73. The van der Waals surface area contributed by atoms with E-state index in [-0.39, 0.29) is 26.4 Å². The highest BCUT2D eigenvalue weighted by atomic mass is 16.7. The van der Waals surface area contributed by atoms with Gasteiger partial charge >= 0.3 is 6.09 Å². The fraction of sp³-hybridized carbons (Fsp3) is 0.800. The lowest BCUT2D eigenvalue weighted by Gasteiger charge is -2.19. The third-order valence-corrected chi connectivity index (χ3v) is 2.43. The molecule has 0 aliphatic heterocycles. The van der Waals surface area contributed by atoms with Gasteiger partial charge in [0.05, 0.1) is 46.2 Å². The first kappa shape index (κ1) is 22.8. The van der Waals surface area contributed by atoms with E-state index in [1.54, 1.807) is 6.92 Å². The number of carbonyl (C=O) groups is 1. The van der Waals surface area contributed by atoms with Gasteiger partial charge in [0.15, 0.2) is 0 Å². The van der Waals surface area contributed by atoms with Crippen LogP contribution >= 0.6 is 0 Å². The van der Waals surface area contributed by atoms with Gasteiger partial charge in [-0.05, 0) is 13.8 Å². The summed E-state index contributed by atoms with van der Waals surface area (Å²) in [6, 6.07) is 0. The quantitative estimate of drug-likeness (QED) is 0.215. The van der Waals surface area contributed by atoms with Crippen LogP contribution in [0.2, 0.25) is 0 Å². The first-order chi connectivity index (χ1) is 11.5. The van der Waals surface area contributed by atoms with Gasteiger partial charge in [0.2, 0.25) is 6.29 Å². The topological polar surface area (TPSA) is 116 Å². The lowest BCUT2D eigenvalue weighted by atomic mass is 10.4. The smallest absolute Gasteiger partial charge is 0.411 e. The van der Waals surface area contributed by atoms with Gasteiger partial charge in [0.25, 0.3) is 0 Å². The van der Waals surface area contributed by atoms with Crippen LogP contribution in [0.15, 0.2) is 12.2 Å². The number of aliphatic hydroxyl groups is 2. The molecular formula is C15H29NO8. The van der Waals surface area contributed by atoms with E-state index in [9.17, 15) is 4.79 Å². The molecule has 142 valence electrons. The summed E-state index contributed by atoms with van der Waals surface area (Å²) in [5.74, 6) is 0. The molecule has 0 saturated carbocycles. The van der Waals surface area contributed by atoms with Crippen molar-refractivity contribution in [2.75, 3.05) is 52.9 Å². The summed E-state index contributed by atoms with van der Waals surface area (Å²) in [6.45, 7) is 8.33. The first-order valence-corrected chi connectivity index (χ1v) is 7.71. The second-order valence-corrected chi connectivity index (χ2v) is 4.89. The van der Waals surface area contributed by atoms with E-state index in [1.165, 1.54) is 0 Å². The van der Waals surface area contributed by atoms with E-state index >= 15 is 0 Å². The Labute approximate surface area is 142 Å². The maximum atomic E-state index is 11.6. The van der Waals surface area contributed by atoms with Gasteiger partial charge in [-0.2, -0.15) is 0 Å². The highest BCUT2D eigenvalue weighted by Crippen LogP contribution is 1.98. The monoisotopic (exact) mass is 351 g/mol. The summed E-state index contributed by atoms with van der Waals surface area (Å²) < 4.78 is 25.6. The highest BCUT2D eigenvalue weighted by Gasteiger charge is 2.15. The zero-order valence-corrected chi connectivity index (χ0v) is 14.4. The van der Waals surface area contributed by atoms with E-state index < -0.39 is 25.2 Å². The zero-order valence-electron chi connectivity index (χ0n) is 14.4. The molecule has 0 radical (unpaired) electrons. The summed E-state index contributed by atoms with van der Waals surface area (Å²) in [6.07, 6.45) is -2.41. The van der Waals surface area contributed by atoms with Gasteiger partial charge in [-0.3, -0.25) is 5.32 Å². The van der Waals surface area contributed by atoms with Crippen molar-refractivity contribution in [2.24, 2.45) is 0 Å². The van der Waals surface area contributed by atoms with Gasteiger partial charge < -0.3 is 33.9 Å². The molecule has 0 aromatic carbocycles. The predicted octanol–water partition coefficient (Wildman–Crippen LogP) is 0.0118. The van der Waals surface area contributed by atoms with Gasteiger partial charge in [-0.1, -0.05) is 12.2 Å². The molecule has 0 aliphatic carbocycles. The molecule has 1 amide bonds. The van der Waals surface area contributed by atoms with Crippen molar-refractivity contribution >= 4 is 6.09 Å². The van der Waals surface area contributed by atoms with Gasteiger partial charge in [0, 0.05) is 0 Å². The maximum absolute atomic E-state index is 11.6. The van der Waals surface area contributed by atoms with Crippen molar-refractivity contribution in [3.05, 3.63) is 12.2 Å². The molecule has 9 nitrogen and oxygen atoms in total. The lowest BCUT2D eigenvalue weighted by molar-refractivity contribution is -0.139. The molecule has 0 heterocycles. The van der Waals surface area contributed by atoms with Crippen LogP contribution in [0.3, 0.4) is 0 Å². The molecule has 3 N–H and O–H groups in total. The van der Waals surface area contributed by atoms with Crippen LogP contribution in [-0.4, -0.2) is 81.7 Å². The normalized spacial score (nSPS) is 13.3. The van der Waals surface area contributed by atoms with Crippen LogP contribution in [-0.2, 0) is 23.7 Å². The van der Waals surface area contributed by atoms with E-state index in [1.807, 2.05) is 6.92 Å². The van der Waals surface area contributed by atoms with Gasteiger partial charge in [0.1, 0.15) is 12.8 Å². The molecular weight excluding hydrogens is 322 g/mol. The number of hydrogen-bond donors (Lipinski definition) is 3. The number of nitrogens with one attached hydrogen (secondary N) is 1. The number of ether oxygens (including phenoxy) is 5. The number of amides is 1. The molecule has 9 heteroatoms. The largest absolute Gasteiger partial charge is 0.417 e. The van der Waals surface area contributed by atoms with Crippen LogP contribution in [0, 0.1) is 0 Å². The van der Waals surface area contributed by atoms with Crippen LogP contribution in [0.25, 0.3) is 0 Å². The van der Waals surface area contributed by atoms with Crippen LogP contribution in [0.5, 0.6) is 0 Å². The number of alkyl carbamates (subject to hydrolysis) is 1. The van der Waals surface area contributed by atoms with Gasteiger partial charge in [-0.15, -0.1) is 0 Å². The Hall–Kier alpha value is -1.23. The average molecular weight is 351 g/mol. The number of hydrogen-bond acceptors (Lipinski definition) is 8. The summed E-state index contributed by atoms with van der Waals surface area (Å²) >= 11 is 0. The van der Waals surface area contributed by atoms with Crippen molar-refractivity contribution in [3.63, 3.8) is 0 Å². The zero-order chi connectivity index (χ0) is 18.2. The Morgan fingerprint density at radius 2 is 1.71 bits per heavy atom. The summed E-state index contributed by atoms with van der Waals surface area (Å²) in [5.41, 5.74) is 0.829. The molecule has 0 spiro atoms. The maximum Gasteiger partial charge on any atom is 0.411 e. The van der Waals surface area contributed by atoms with Crippen molar-refractivity contribution in [3.8, 4) is 0 Å². The molecule has 2 atom stereocenters. The molecule has 0 bridgehead atoms. The molecule has 2 unspecified atom stereocenters. The van der Waals surface area contributed by atoms with E-state index in [2.05, 4.69) is 11.9 Å². The second kappa shape index (κ2) is 15.3. The van der Waals surface area contributed by atoms with Crippen molar-refractivity contribution in [1.82, 2.24) is 5.32 Å². The van der Waals surface area contributed by atoms with Crippen LogP contribution in [0.4, 0.5) is 4.79 Å². The Bertz CT molecular complexity index is 339.